The van der Waals surface area contributed by atoms with Crippen molar-refractivity contribution in [3.05, 3.63) is 102 Å². The van der Waals surface area contributed by atoms with E-state index >= 15 is 0 Å². The van der Waals surface area contributed by atoms with Crippen molar-refractivity contribution in [2.45, 2.75) is 12.5 Å². The number of nitrogens with zero attached hydrogens (tertiary/aromatic N) is 1. The lowest BCUT2D eigenvalue weighted by atomic mass is 9.97. The number of nitrogens with one attached hydrogen (secondary N) is 1. The number of amides is 1. The number of anilines is 1. The Hall–Kier alpha value is -4.63. The summed E-state index contributed by atoms with van der Waals surface area (Å²) in [6.07, 6.45) is -0.780. The summed E-state index contributed by atoms with van der Waals surface area (Å²) in [5, 5.41) is 12.6. The van der Waals surface area contributed by atoms with Crippen LogP contribution in [-0.2, 0) is 16.0 Å². The Morgan fingerprint density at radius 1 is 0.909 bits per heavy atom. The monoisotopic (exact) mass is 434 g/mol. The highest BCUT2D eigenvalue weighted by Gasteiger charge is 2.33. The molecule has 5 rings (SSSR count). The van der Waals surface area contributed by atoms with Crippen LogP contribution in [0.3, 0.4) is 0 Å². The molecule has 0 radical (unpaired) electrons. The average molecular weight is 434 g/mol. The zero-order valence-electron chi connectivity index (χ0n) is 17.4. The van der Waals surface area contributed by atoms with E-state index in [0.29, 0.717) is 16.9 Å². The maximum absolute atomic E-state index is 13.0. The minimum Gasteiger partial charge on any atom is -0.448 e. The molecule has 1 aromatic heterocycles. The van der Waals surface area contributed by atoms with Gasteiger partial charge in [0.25, 0.3) is 5.91 Å². The van der Waals surface area contributed by atoms with Crippen molar-refractivity contribution in [2.24, 2.45) is 0 Å². The first kappa shape index (κ1) is 20.3. The molecule has 0 spiro atoms. The van der Waals surface area contributed by atoms with Crippen LogP contribution in [0.25, 0.3) is 22.5 Å². The molecule has 0 saturated carbocycles. The summed E-state index contributed by atoms with van der Waals surface area (Å²) >= 11 is 0. The number of esters is 1. The molecule has 1 N–H and O–H groups in total. The summed E-state index contributed by atoms with van der Waals surface area (Å²) in [7, 11) is 0. The van der Waals surface area contributed by atoms with E-state index in [4.69, 9.17) is 9.15 Å². The largest absolute Gasteiger partial charge is 0.448 e. The van der Waals surface area contributed by atoms with Crippen molar-refractivity contribution in [3.63, 3.8) is 0 Å². The summed E-state index contributed by atoms with van der Waals surface area (Å²) in [6.45, 7) is 0. The van der Waals surface area contributed by atoms with E-state index in [2.05, 4.69) is 11.4 Å². The number of carbonyl (C=O) groups excluding carboxylic acids is 2. The summed E-state index contributed by atoms with van der Waals surface area (Å²) in [5.74, 6) is -0.607. The first-order chi connectivity index (χ1) is 16.2. The zero-order chi connectivity index (χ0) is 22.8. The lowest BCUT2D eigenvalue weighted by Gasteiger charge is -2.23. The highest BCUT2D eigenvalue weighted by Crippen LogP contribution is 2.41. The fourth-order valence-corrected chi connectivity index (χ4v) is 3.97. The lowest BCUT2D eigenvalue weighted by molar-refractivity contribution is -0.125. The second-order valence-electron chi connectivity index (χ2n) is 7.60. The first-order valence-corrected chi connectivity index (χ1v) is 10.4. The molecule has 1 amide bonds. The van der Waals surface area contributed by atoms with Crippen LogP contribution in [0.5, 0.6) is 0 Å². The number of carbonyl (C=O) groups is 2. The molecular formula is C27H18N2O4. The minimum atomic E-state index is -1.02. The predicted octanol–water partition coefficient (Wildman–Crippen LogP) is 5.21. The van der Waals surface area contributed by atoms with E-state index < -0.39 is 18.0 Å². The molecule has 0 aliphatic carbocycles. The fourth-order valence-electron chi connectivity index (χ4n) is 3.97. The van der Waals surface area contributed by atoms with E-state index in [1.807, 2.05) is 66.7 Å². The molecule has 6 nitrogen and oxygen atoms in total. The van der Waals surface area contributed by atoms with Gasteiger partial charge in [-0.1, -0.05) is 78.9 Å². The third-order valence-corrected chi connectivity index (χ3v) is 5.54. The van der Waals surface area contributed by atoms with E-state index in [1.165, 1.54) is 0 Å². The Balaban J connectivity index is 1.53. The van der Waals surface area contributed by atoms with Gasteiger partial charge in [-0.3, -0.25) is 10.1 Å². The van der Waals surface area contributed by atoms with Crippen LogP contribution in [-0.4, -0.2) is 18.0 Å². The summed E-state index contributed by atoms with van der Waals surface area (Å²) in [5.41, 5.74) is 3.54. The van der Waals surface area contributed by atoms with E-state index in [1.54, 1.807) is 18.2 Å². The molecule has 0 fully saturated rings. The Kier molecular flexibility index (Phi) is 5.21. The molecule has 1 unspecified atom stereocenters. The Labute approximate surface area is 190 Å². The van der Waals surface area contributed by atoms with Gasteiger partial charge < -0.3 is 9.15 Å². The Bertz CT molecular complexity index is 1380. The predicted molar refractivity (Wildman–Crippen MR) is 122 cm³/mol. The third-order valence-electron chi connectivity index (χ3n) is 5.54. The van der Waals surface area contributed by atoms with Gasteiger partial charge in [0.15, 0.2) is 6.10 Å². The van der Waals surface area contributed by atoms with E-state index in [9.17, 15) is 14.9 Å². The normalized spacial score (nSPS) is 14.6. The van der Waals surface area contributed by atoms with Gasteiger partial charge in [-0.25, -0.2) is 4.79 Å². The van der Waals surface area contributed by atoms with Crippen LogP contribution in [0.4, 0.5) is 5.88 Å². The quantitative estimate of drug-likeness (QED) is 0.446. The van der Waals surface area contributed by atoms with Gasteiger partial charge in [-0.2, -0.15) is 5.26 Å². The SMILES string of the molecule is N#Cc1c(NC(=O)C2Cc3ccccc3C(=O)O2)oc(-c2ccccc2)c1-c1ccccc1. The molecule has 4 aromatic rings. The fraction of sp³-hybridized carbons (Fsp3) is 0.0741. The van der Waals surface area contributed by atoms with Crippen LogP contribution in [0.2, 0.25) is 0 Å². The molecule has 33 heavy (non-hydrogen) atoms. The van der Waals surface area contributed by atoms with Crippen LogP contribution in [0, 0.1) is 11.3 Å². The summed E-state index contributed by atoms with van der Waals surface area (Å²) in [6, 6.07) is 28.0. The molecular weight excluding hydrogens is 416 g/mol. The minimum absolute atomic E-state index is 0.0233. The van der Waals surface area contributed by atoms with Crippen molar-refractivity contribution < 1.29 is 18.7 Å². The number of cyclic esters (lactones) is 1. The molecule has 6 heteroatoms. The molecule has 0 bridgehead atoms. The number of rotatable bonds is 4. The summed E-state index contributed by atoms with van der Waals surface area (Å²) in [4.78, 5) is 25.4. The topological polar surface area (TPSA) is 92.3 Å². The van der Waals surface area contributed by atoms with E-state index in [-0.39, 0.29) is 17.9 Å². The van der Waals surface area contributed by atoms with Crippen LogP contribution < -0.4 is 5.32 Å². The molecule has 3 aromatic carbocycles. The number of furan rings is 1. The van der Waals surface area contributed by atoms with Gasteiger partial charge in [-0.15, -0.1) is 0 Å². The first-order valence-electron chi connectivity index (χ1n) is 10.4. The number of benzene rings is 3. The standard InChI is InChI=1S/C27H18N2O4/c28-16-21-23(17-9-3-1-4-10-17)24(18-11-5-2-6-12-18)33-26(21)29-25(30)22-15-19-13-7-8-14-20(19)27(31)32-22/h1-14,22H,15H2,(H,29,30). The average Bonchev–Trinajstić information content (AvgIpc) is 3.23. The van der Waals surface area contributed by atoms with Crippen molar-refractivity contribution in [3.8, 4) is 28.5 Å². The zero-order valence-corrected chi connectivity index (χ0v) is 17.4. The Morgan fingerprint density at radius 3 is 2.24 bits per heavy atom. The maximum Gasteiger partial charge on any atom is 0.339 e. The van der Waals surface area contributed by atoms with Crippen molar-refractivity contribution in [1.82, 2.24) is 0 Å². The molecule has 1 atom stereocenters. The van der Waals surface area contributed by atoms with Crippen molar-refractivity contribution in [1.29, 1.82) is 5.26 Å². The molecule has 1 aliphatic rings. The molecule has 1 aliphatic heterocycles. The number of hydrogen-bond acceptors (Lipinski definition) is 5. The van der Waals surface area contributed by atoms with Gasteiger partial charge in [0.1, 0.15) is 17.4 Å². The van der Waals surface area contributed by atoms with Crippen LogP contribution in [0.1, 0.15) is 21.5 Å². The molecule has 2 heterocycles. The highest BCUT2D eigenvalue weighted by molar-refractivity contribution is 6.01. The number of nitriles is 1. The van der Waals surface area contributed by atoms with Crippen LogP contribution >= 0.6 is 0 Å². The highest BCUT2D eigenvalue weighted by atomic mass is 16.5. The number of hydrogen-bond donors (Lipinski definition) is 1. The smallest absolute Gasteiger partial charge is 0.339 e. The van der Waals surface area contributed by atoms with Crippen molar-refractivity contribution >= 4 is 17.8 Å². The van der Waals surface area contributed by atoms with Gasteiger partial charge >= 0.3 is 5.97 Å². The van der Waals surface area contributed by atoms with Crippen molar-refractivity contribution in [2.75, 3.05) is 5.32 Å². The number of ether oxygens (including phenoxy) is 1. The van der Waals surface area contributed by atoms with Gasteiger partial charge in [-0.05, 0) is 17.2 Å². The molecule has 0 saturated heterocycles. The van der Waals surface area contributed by atoms with E-state index in [0.717, 1.165) is 16.7 Å². The summed E-state index contributed by atoms with van der Waals surface area (Å²) < 4.78 is 11.4. The Morgan fingerprint density at radius 2 is 1.55 bits per heavy atom. The van der Waals surface area contributed by atoms with Gasteiger partial charge in [0, 0.05) is 17.5 Å². The second-order valence-corrected chi connectivity index (χ2v) is 7.60. The van der Waals surface area contributed by atoms with Crippen LogP contribution in [0.15, 0.2) is 89.3 Å². The number of fused-ring (bicyclic) bond motifs is 1. The molecule has 160 valence electrons. The lowest BCUT2D eigenvalue weighted by Crippen LogP contribution is -2.38. The maximum atomic E-state index is 13.0. The second kappa shape index (κ2) is 8.48. The third kappa shape index (κ3) is 3.77. The van der Waals surface area contributed by atoms with Gasteiger partial charge in [0.05, 0.1) is 5.56 Å². The van der Waals surface area contributed by atoms with Gasteiger partial charge in [0.2, 0.25) is 5.88 Å².